The zero-order valence-electron chi connectivity index (χ0n) is 12.0. The van der Waals surface area contributed by atoms with Crippen LogP contribution in [0.2, 0.25) is 0 Å². The number of aromatic amines is 1. The molecule has 3 nitrogen and oxygen atoms in total. The summed E-state index contributed by atoms with van der Waals surface area (Å²) in [5.74, 6) is 0.616. The number of halogens is 1. The number of aromatic nitrogens is 2. The van der Waals surface area contributed by atoms with Crippen molar-refractivity contribution in [1.29, 1.82) is 0 Å². The third-order valence-corrected chi connectivity index (χ3v) is 4.74. The monoisotopic (exact) mass is 333 g/mol. The first kappa shape index (κ1) is 13.8. The molecule has 0 spiro atoms. The van der Waals surface area contributed by atoms with Crippen LogP contribution in [0.5, 0.6) is 0 Å². The van der Waals surface area contributed by atoms with Crippen LogP contribution >= 0.6 is 15.9 Å². The maximum atomic E-state index is 4.60. The van der Waals surface area contributed by atoms with Gasteiger partial charge in [-0.05, 0) is 63.0 Å². The summed E-state index contributed by atoms with van der Waals surface area (Å²) in [5, 5.41) is 11.3. The molecule has 0 radical (unpaired) electrons. The molecular weight excluding hydrogens is 314 g/mol. The van der Waals surface area contributed by atoms with Crippen LogP contribution in [-0.4, -0.2) is 23.3 Å². The summed E-state index contributed by atoms with van der Waals surface area (Å²) >= 11 is 3.56. The topological polar surface area (TPSA) is 40.7 Å². The van der Waals surface area contributed by atoms with Crippen molar-refractivity contribution in [2.45, 2.75) is 32.6 Å². The molecule has 20 heavy (non-hydrogen) atoms. The van der Waals surface area contributed by atoms with Gasteiger partial charge >= 0.3 is 0 Å². The lowest BCUT2D eigenvalue weighted by Crippen LogP contribution is -2.27. The lowest BCUT2D eigenvalue weighted by Gasteiger charge is -2.22. The second-order valence-corrected chi connectivity index (χ2v) is 6.51. The van der Waals surface area contributed by atoms with Gasteiger partial charge in [-0.15, -0.1) is 0 Å². The van der Waals surface area contributed by atoms with Crippen molar-refractivity contribution in [1.82, 2.24) is 15.5 Å². The molecule has 1 aromatic carbocycles. The Morgan fingerprint density at radius 3 is 2.70 bits per heavy atom. The van der Waals surface area contributed by atoms with Crippen LogP contribution in [0, 0.1) is 13.8 Å². The van der Waals surface area contributed by atoms with Gasteiger partial charge in [0.15, 0.2) is 0 Å². The van der Waals surface area contributed by atoms with E-state index in [-0.39, 0.29) is 0 Å². The van der Waals surface area contributed by atoms with E-state index in [0.717, 1.165) is 23.3 Å². The second kappa shape index (κ2) is 5.70. The van der Waals surface area contributed by atoms with Crippen LogP contribution < -0.4 is 5.32 Å². The van der Waals surface area contributed by atoms with Crippen LogP contribution in [0.3, 0.4) is 0 Å². The van der Waals surface area contributed by atoms with Gasteiger partial charge in [-0.1, -0.05) is 22.0 Å². The van der Waals surface area contributed by atoms with Crippen molar-refractivity contribution in [3.8, 4) is 11.3 Å². The summed E-state index contributed by atoms with van der Waals surface area (Å²) in [6, 6.07) is 6.37. The largest absolute Gasteiger partial charge is 0.317 e. The van der Waals surface area contributed by atoms with Gasteiger partial charge in [0.2, 0.25) is 0 Å². The molecule has 1 aliphatic rings. The van der Waals surface area contributed by atoms with Crippen LogP contribution in [0.15, 0.2) is 22.7 Å². The third kappa shape index (κ3) is 2.54. The van der Waals surface area contributed by atoms with Gasteiger partial charge in [0.25, 0.3) is 0 Å². The smallest absolute Gasteiger partial charge is 0.0955 e. The van der Waals surface area contributed by atoms with Crippen molar-refractivity contribution in [3.63, 3.8) is 0 Å². The zero-order valence-corrected chi connectivity index (χ0v) is 13.5. The maximum Gasteiger partial charge on any atom is 0.0955 e. The molecule has 0 unspecified atom stereocenters. The van der Waals surface area contributed by atoms with E-state index in [1.165, 1.54) is 35.2 Å². The number of nitrogens with zero attached hydrogens (tertiary/aromatic N) is 1. The van der Waals surface area contributed by atoms with Crippen molar-refractivity contribution >= 4 is 15.9 Å². The van der Waals surface area contributed by atoms with Crippen LogP contribution in [0.1, 0.15) is 35.6 Å². The number of hydrogen-bond acceptors (Lipinski definition) is 2. The summed E-state index contributed by atoms with van der Waals surface area (Å²) in [6.45, 7) is 6.54. The summed E-state index contributed by atoms with van der Waals surface area (Å²) in [6.07, 6.45) is 2.39. The Morgan fingerprint density at radius 1 is 1.20 bits per heavy atom. The summed E-state index contributed by atoms with van der Waals surface area (Å²) in [4.78, 5) is 0. The zero-order chi connectivity index (χ0) is 14.1. The van der Waals surface area contributed by atoms with E-state index in [1.54, 1.807) is 0 Å². The van der Waals surface area contributed by atoms with Gasteiger partial charge in [-0.3, -0.25) is 5.10 Å². The molecule has 1 fully saturated rings. The Hall–Kier alpha value is -1.13. The van der Waals surface area contributed by atoms with E-state index in [9.17, 15) is 0 Å². The first-order chi connectivity index (χ1) is 9.66. The number of aryl methyl sites for hydroxylation is 1. The Morgan fingerprint density at radius 2 is 1.95 bits per heavy atom. The molecule has 0 aliphatic carbocycles. The molecule has 4 heteroatoms. The van der Waals surface area contributed by atoms with E-state index >= 15 is 0 Å². The van der Waals surface area contributed by atoms with Crippen LogP contribution in [-0.2, 0) is 0 Å². The van der Waals surface area contributed by atoms with Gasteiger partial charge in [0, 0.05) is 21.6 Å². The van der Waals surface area contributed by atoms with Crippen molar-refractivity contribution in [3.05, 3.63) is 39.5 Å². The van der Waals surface area contributed by atoms with Gasteiger partial charge in [-0.2, -0.15) is 5.10 Å². The summed E-state index contributed by atoms with van der Waals surface area (Å²) < 4.78 is 1.10. The number of H-pyrrole nitrogens is 1. The van der Waals surface area contributed by atoms with E-state index in [2.05, 4.69) is 63.5 Å². The molecule has 0 bridgehead atoms. The van der Waals surface area contributed by atoms with E-state index in [0.29, 0.717) is 5.92 Å². The molecule has 2 aromatic rings. The Labute approximate surface area is 128 Å². The lowest BCUT2D eigenvalue weighted by molar-refractivity contribution is 0.451. The maximum absolute atomic E-state index is 4.60. The standard InChI is InChI=1S/C16H20BrN3/c1-10-3-4-13(17)9-14(10)16-11(2)15(19-20-16)12-5-7-18-8-6-12/h3-4,9,12,18H,5-8H2,1-2H3,(H,19,20). The predicted molar refractivity (Wildman–Crippen MR) is 86.0 cm³/mol. The fraction of sp³-hybridized carbons (Fsp3) is 0.438. The van der Waals surface area contributed by atoms with Crippen molar-refractivity contribution in [2.24, 2.45) is 0 Å². The third-order valence-electron chi connectivity index (χ3n) is 4.25. The van der Waals surface area contributed by atoms with Gasteiger partial charge in [0.05, 0.1) is 5.69 Å². The molecule has 0 amide bonds. The molecule has 1 aromatic heterocycles. The molecule has 0 atom stereocenters. The minimum Gasteiger partial charge on any atom is -0.317 e. The summed E-state index contributed by atoms with van der Waals surface area (Å²) in [5.41, 5.74) is 6.20. The first-order valence-corrected chi connectivity index (χ1v) is 7.98. The Bertz CT molecular complexity index is 612. The number of benzene rings is 1. The molecule has 1 aliphatic heterocycles. The molecule has 0 saturated carbocycles. The van der Waals surface area contributed by atoms with Crippen LogP contribution in [0.4, 0.5) is 0 Å². The highest BCUT2D eigenvalue weighted by atomic mass is 79.9. The quantitative estimate of drug-likeness (QED) is 0.874. The molecule has 1 saturated heterocycles. The first-order valence-electron chi connectivity index (χ1n) is 7.19. The van der Waals surface area contributed by atoms with E-state index < -0.39 is 0 Å². The van der Waals surface area contributed by atoms with Crippen LogP contribution in [0.25, 0.3) is 11.3 Å². The number of piperidine rings is 1. The normalized spacial score (nSPS) is 16.6. The Balaban J connectivity index is 1.99. The fourth-order valence-corrected chi connectivity index (χ4v) is 3.39. The molecular formula is C16H20BrN3. The van der Waals surface area contributed by atoms with Crippen molar-refractivity contribution in [2.75, 3.05) is 13.1 Å². The Kier molecular flexibility index (Phi) is 3.94. The van der Waals surface area contributed by atoms with E-state index in [1.807, 2.05) is 0 Å². The average Bonchev–Trinajstić information content (AvgIpc) is 2.84. The van der Waals surface area contributed by atoms with Gasteiger partial charge < -0.3 is 5.32 Å². The fourth-order valence-electron chi connectivity index (χ4n) is 3.03. The molecule has 3 rings (SSSR count). The highest BCUT2D eigenvalue weighted by Gasteiger charge is 2.21. The minimum absolute atomic E-state index is 0.616. The van der Waals surface area contributed by atoms with E-state index in [4.69, 9.17) is 0 Å². The number of nitrogens with one attached hydrogen (secondary N) is 2. The average molecular weight is 334 g/mol. The highest BCUT2D eigenvalue weighted by molar-refractivity contribution is 9.10. The lowest BCUT2D eigenvalue weighted by atomic mass is 9.91. The summed E-state index contributed by atoms with van der Waals surface area (Å²) in [7, 11) is 0. The highest BCUT2D eigenvalue weighted by Crippen LogP contribution is 2.33. The molecule has 106 valence electrons. The minimum atomic E-state index is 0.616. The SMILES string of the molecule is Cc1ccc(Br)cc1-c1n[nH]c(C2CCNCC2)c1C. The second-order valence-electron chi connectivity index (χ2n) is 5.59. The number of rotatable bonds is 2. The van der Waals surface area contributed by atoms with Gasteiger partial charge in [0.1, 0.15) is 0 Å². The van der Waals surface area contributed by atoms with Gasteiger partial charge in [-0.25, -0.2) is 0 Å². The number of hydrogen-bond donors (Lipinski definition) is 2. The van der Waals surface area contributed by atoms with Crippen molar-refractivity contribution < 1.29 is 0 Å². The molecule has 2 heterocycles. The predicted octanol–water partition coefficient (Wildman–Crippen LogP) is 3.92. The molecule has 2 N–H and O–H groups in total.